The maximum Gasteiger partial charge on any atom is 0.343 e. The zero-order valence-corrected chi connectivity index (χ0v) is 17.5. The van der Waals surface area contributed by atoms with E-state index in [-0.39, 0.29) is 11.5 Å². The average Bonchev–Trinajstić information content (AvgIpc) is 2.71. The van der Waals surface area contributed by atoms with Crippen LogP contribution in [0.15, 0.2) is 69.9 Å². The molecule has 0 radical (unpaired) electrons. The molecule has 5 heteroatoms. The highest BCUT2D eigenvalue weighted by Gasteiger charge is 2.23. The van der Waals surface area contributed by atoms with E-state index >= 15 is 0 Å². The van der Waals surface area contributed by atoms with Crippen molar-refractivity contribution in [2.45, 2.75) is 20.8 Å². The summed E-state index contributed by atoms with van der Waals surface area (Å²) >= 11 is 6.37. The van der Waals surface area contributed by atoms with E-state index in [1.165, 1.54) is 0 Å². The molecule has 3 aromatic carbocycles. The van der Waals surface area contributed by atoms with E-state index in [0.29, 0.717) is 27.1 Å². The summed E-state index contributed by atoms with van der Waals surface area (Å²) in [5.41, 5.74) is 3.57. The van der Waals surface area contributed by atoms with Crippen molar-refractivity contribution in [3.05, 3.63) is 98.2 Å². The van der Waals surface area contributed by atoms with E-state index in [0.717, 1.165) is 16.7 Å². The van der Waals surface area contributed by atoms with Crippen molar-refractivity contribution >= 4 is 28.5 Å². The fourth-order valence-electron chi connectivity index (χ4n) is 3.39. The highest BCUT2D eigenvalue weighted by Crippen LogP contribution is 2.36. The summed E-state index contributed by atoms with van der Waals surface area (Å²) in [5.74, 6) is -0.684. The van der Waals surface area contributed by atoms with Gasteiger partial charge in [0.25, 0.3) is 0 Å². The predicted octanol–water partition coefficient (Wildman–Crippen LogP) is 6.26. The molecule has 1 heterocycles. The minimum Gasteiger partial charge on any atom is -0.452 e. The largest absolute Gasteiger partial charge is 0.452 e. The van der Waals surface area contributed by atoms with Gasteiger partial charge in [0.15, 0.2) is 5.76 Å². The fourth-order valence-corrected chi connectivity index (χ4v) is 3.61. The van der Waals surface area contributed by atoms with Gasteiger partial charge in [-0.25, -0.2) is 4.79 Å². The van der Waals surface area contributed by atoms with E-state index in [9.17, 15) is 9.59 Å². The summed E-state index contributed by atoms with van der Waals surface area (Å²) in [5, 5.41) is 0.743. The quantitative estimate of drug-likeness (QED) is 0.368. The van der Waals surface area contributed by atoms with Crippen LogP contribution in [0.4, 0.5) is 0 Å². The average molecular weight is 419 g/mol. The molecule has 0 unspecified atom stereocenters. The summed E-state index contributed by atoms with van der Waals surface area (Å²) in [6.45, 7) is 5.69. The lowest BCUT2D eigenvalue weighted by molar-refractivity contribution is 0.0731. The van der Waals surface area contributed by atoms with Gasteiger partial charge in [-0.05, 0) is 62.2 Å². The highest BCUT2D eigenvalue weighted by atomic mass is 35.5. The fraction of sp³-hybridized carbons (Fsp3) is 0.120. The molecule has 0 spiro atoms. The number of benzene rings is 3. The Hall–Kier alpha value is -3.37. The molecule has 4 rings (SSSR count). The number of rotatable bonds is 3. The third-order valence-electron chi connectivity index (χ3n) is 4.88. The van der Waals surface area contributed by atoms with Crippen LogP contribution < -0.4 is 10.2 Å². The van der Waals surface area contributed by atoms with Crippen molar-refractivity contribution in [2.75, 3.05) is 0 Å². The molecular formula is C25H19ClO4. The molecule has 0 amide bonds. The van der Waals surface area contributed by atoms with Gasteiger partial charge in [0.05, 0.1) is 16.0 Å². The number of halogens is 1. The minimum atomic E-state index is -0.640. The number of ether oxygens (including phenoxy) is 1. The molecule has 0 atom stereocenters. The monoisotopic (exact) mass is 418 g/mol. The van der Waals surface area contributed by atoms with Gasteiger partial charge in [0.2, 0.25) is 11.2 Å². The first-order chi connectivity index (χ1) is 14.3. The minimum absolute atomic E-state index is 0.130. The number of esters is 1. The van der Waals surface area contributed by atoms with Crippen molar-refractivity contribution in [3.63, 3.8) is 0 Å². The standard InChI is InChI=1S/C25H19ClO4/c1-14-8-10-17(11-9-14)25(28)30-24-21(27)19-13-15(2)12-16(3)22(19)29-23(24)18-6-4-5-7-20(18)26/h4-13H,1-3H3. The Labute approximate surface area is 178 Å². The Morgan fingerprint density at radius 2 is 1.63 bits per heavy atom. The molecule has 0 aliphatic heterocycles. The van der Waals surface area contributed by atoms with Crippen LogP contribution in [-0.2, 0) is 0 Å². The summed E-state index contributed by atoms with van der Waals surface area (Å²) in [4.78, 5) is 26.2. The van der Waals surface area contributed by atoms with Gasteiger partial charge < -0.3 is 9.15 Å². The van der Waals surface area contributed by atoms with Crippen LogP contribution >= 0.6 is 11.6 Å². The molecule has 0 bridgehead atoms. The number of carbonyl (C=O) groups excluding carboxylic acids is 1. The van der Waals surface area contributed by atoms with Crippen LogP contribution in [-0.4, -0.2) is 5.97 Å². The van der Waals surface area contributed by atoms with Crippen LogP contribution in [0.5, 0.6) is 5.75 Å². The molecule has 30 heavy (non-hydrogen) atoms. The normalized spacial score (nSPS) is 10.9. The number of fused-ring (bicyclic) bond motifs is 1. The van der Waals surface area contributed by atoms with Crippen molar-refractivity contribution in [2.24, 2.45) is 0 Å². The van der Waals surface area contributed by atoms with Gasteiger partial charge in [0.1, 0.15) is 5.58 Å². The number of carbonyl (C=O) groups is 1. The first kappa shape index (κ1) is 19.9. The Morgan fingerprint density at radius 3 is 2.33 bits per heavy atom. The predicted molar refractivity (Wildman–Crippen MR) is 119 cm³/mol. The molecule has 4 aromatic rings. The van der Waals surface area contributed by atoms with E-state index < -0.39 is 11.4 Å². The van der Waals surface area contributed by atoms with Gasteiger partial charge in [-0.1, -0.05) is 47.5 Å². The van der Waals surface area contributed by atoms with E-state index in [2.05, 4.69) is 0 Å². The van der Waals surface area contributed by atoms with Gasteiger partial charge >= 0.3 is 5.97 Å². The van der Waals surface area contributed by atoms with E-state index in [1.807, 2.05) is 26.8 Å². The second kappa shape index (κ2) is 7.81. The van der Waals surface area contributed by atoms with Gasteiger partial charge in [-0.3, -0.25) is 4.79 Å². The Kier molecular flexibility index (Phi) is 5.18. The third-order valence-corrected chi connectivity index (χ3v) is 5.21. The summed E-state index contributed by atoms with van der Waals surface area (Å²) < 4.78 is 11.7. The number of aryl methyl sites for hydroxylation is 3. The lowest BCUT2D eigenvalue weighted by atomic mass is 10.1. The third kappa shape index (κ3) is 3.62. The van der Waals surface area contributed by atoms with Crippen LogP contribution in [0.1, 0.15) is 27.0 Å². The smallest absolute Gasteiger partial charge is 0.343 e. The van der Waals surface area contributed by atoms with Gasteiger partial charge in [-0.15, -0.1) is 0 Å². The van der Waals surface area contributed by atoms with Gasteiger partial charge in [-0.2, -0.15) is 0 Å². The molecule has 0 saturated heterocycles. The van der Waals surface area contributed by atoms with Crippen LogP contribution in [0.3, 0.4) is 0 Å². The second-order valence-electron chi connectivity index (χ2n) is 7.28. The lowest BCUT2D eigenvalue weighted by Crippen LogP contribution is -2.16. The molecular weight excluding hydrogens is 400 g/mol. The Morgan fingerprint density at radius 1 is 0.933 bits per heavy atom. The van der Waals surface area contributed by atoms with Crippen LogP contribution in [0.25, 0.3) is 22.3 Å². The molecule has 0 N–H and O–H groups in total. The molecule has 0 aliphatic rings. The Bertz CT molecular complexity index is 1330. The highest BCUT2D eigenvalue weighted by molar-refractivity contribution is 6.33. The first-order valence-electron chi connectivity index (χ1n) is 9.47. The van der Waals surface area contributed by atoms with Crippen molar-refractivity contribution in [1.29, 1.82) is 0 Å². The van der Waals surface area contributed by atoms with Crippen molar-refractivity contribution < 1.29 is 13.9 Å². The van der Waals surface area contributed by atoms with Crippen molar-refractivity contribution in [1.82, 2.24) is 0 Å². The van der Waals surface area contributed by atoms with E-state index in [1.54, 1.807) is 54.6 Å². The Balaban J connectivity index is 1.96. The summed E-state index contributed by atoms with van der Waals surface area (Å²) in [6.07, 6.45) is 0. The molecule has 1 aromatic heterocycles. The first-order valence-corrected chi connectivity index (χ1v) is 9.85. The van der Waals surface area contributed by atoms with E-state index in [4.69, 9.17) is 20.8 Å². The molecule has 150 valence electrons. The molecule has 0 saturated carbocycles. The number of hydrogen-bond donors (Lipinski definition) is 0. The van der Waals surface area contributed by atoms with Gasteiger partial charge in [0, 0.05) is 5.56 Å². The summed E-state index contributed by atoms with van der Waals surface area (Å²) in [7, 11) is 0. The zero-order valence-electron chi connectivity index (χ0n) is 16.8. The molecule has 0 aliphatic carbocycles. The molecule has 4 nitrogen and oxygen atoms in total. The topological polar surface area (TPSA) is 56.5 Å². The lowest BCUT2D eigenvalue weighted by Gasteiger charge is -2.13. The maximum absolute atomic E-state index is 13.4. The van der Waals surface area contributed by atoms with Crippen molar-refractivity contribution in [3.8, 4) is 17.1 Å². The summed E-state index contributed by atoms with van der Waals surface area (Å²) in [6, 6.07) is 17.5. The van der Waals surface area contributed by atoms with Crippen LogP contribution in [0, 0.1) is 20.8 Å². The SMILES string of the molecule is Cc1ccc(C(=O)Oc2c(-c3ccccc3Cl)oc3c(C)cc(C)cc3c2=O)cc1. The second-order valence-corrected chi connectivity index (χ2v) is 7.69. The van der Waals surface area contributed by atoms with Crippen LogP contribution in [0.2, 0.25) is 5.02 Å². The maximum atomic E-state index is 13.4. The molecule has 0 fully saturated rings. The zero-order chi connectivity index (χ0) is 21.4. The number of hydrogen-bond acceptors (Lipinski definition) is 4.